The summed E-state index contributed by atoms with van der Waals surface area (Å²) in [7, 11) is 0. The van der Waals surface area contributed by atoms with Gasteiger partial charge in [0.25, 0.3) is 5.56 Å². The number of hydrogen-bond acceptors (Lipinski definition) is 4. The van der Waals surface area contributed by atoms with E-state index in [2.05, 4.69) is 18.9 Å². The molecule has 22 heavy (non-hydrogen) atoms. The van der Waals surface area contributed by atoms with Crippen molar-refractivity contribution in [2.75, 3.05) is 0 Å². The van der Waals surface area contributed by atoms with E-state index < -0.39 is 5.41 Å². The van der Waals surface area contributed by atoms with E-state index in [0.717, 1.165) is 11.3 Å². The second-order valence-corrected chi connectivity index (χ2v) is 7.96. The lowest BCUT2D eigenvalue weighted by molar-refractivity contribution is 0.416. The highest BCUT2D eigenvalue weighted by Crippen LogP contribution is 2.36. The van der Waals surface area contributed by atoms with Crippen LogP contribution in [-0.4, -0.2) is 14.9 Å². The number of aromatic nitrogens is 2. The molecule has 4 nitrogen and oxygen atoms in total. The first-order valence-electron chi connectivity index (χ1n) is 7.60. The maximum atomic E-state index is 12.7. The summed E-state index contributed by atoms with van der Waals surface area (Å²) in [6.07, 6.45) is 0.880. The lowest BCUT2D eigenvalue weighted by atomic mass is 9.87. The van der Waals surface area contributed by atoms with Crippen molar-refractivity contribution in [1.29, 1.82) is 0 Å². The lowest BCUT2D eigenvalue weighted by Gasteiger charge is -2.22. The number of hydrogen-bond donors (Lipinski definition) is 1. The Morgan fingerprint density at radius 2 is 2.05 bits per heavy atom. The van der Waals surface area contributed by atoms with Crippen LogP contribution in [0, 0.1) is 5.92 Å². The summed E-state index contributed by atoms with van der Waals surface area (Å²) in [5.41, 5.74) is 0.319. The van der Waals surface area contributed by atoms with Gasteiger partial charge in [-0.2, -0.15) is 5.10 Å². The highest BCUT2D eigenvalue weighted by molar-refractivity contribution is 7.13. The van der Waals surface area contributed by atoms with Crippen molar-refractivity contribution in [3.05, 3.63) is 33.4 Å². The minimum atomic E-state index is -0.435. The molecule has 0 spiro atoms. The number of nitrogens with zero attached hydrogens (tertiary/aromatic N) is 2. The third kappa shape index (κ3) is 3.40. The molecule has 0 aromatic carbocycles. The van der Waals surface area contributed by atoms with E-state index in [1.165, 1.54) is 16.0 Å². The van der Waals surface area contributed by atoms with Gasteiger partial charge in [-0.1, -0.05) is 40.7 Å². The molecule has 1 N–H and O–H groups in total. The van der Waals surface area contributed by atoms with Gasteiger partial charge in [-0.3, -0.25) is 4.79 Å². The van der Waals surface area contributed by atoms with Gasteiger partial charge in [-0.15, -0.1) is 11.3 Å². The maximum absolute atomic E-state index is 12.7. The maximum Gasteiger partial charge on any atom is 0.274 e. The lowest BCUT2D eigenvalue weighted by Crippen LogP contribution is -2.33. The molecule has 0 atom stereocenters. The molecule has 0 saturated heterocycles. The monoisotopic (exact) mass is 320 g/mol. The van der Waals surface area contributed by atoms with Gasteiger partial charge in [0.15, 0.2) is 5.75 Å². The van der Waals surface area contributed by atoms with Gasteiger partial charge < -0.3 is 5.11 Å². The molecule has 2 aromatic rings. The van der Waals surface area contributed by atoms with E-state index in [-0.39, 0.29) is 11.3 Å². The van der Waals surface area contributed by atoms with Crippen molar-refractivity contribution in [2.45, 2.75) is 53.0 Å². The molecule has 0 radical (unpaired) electrons. The molecular weight excluding hydrogens is 296 g/mol. The molecule has 2 heterocycles. The average Bonchev–Trinajstić information content (AvgIpc) is 2.89. The van der Waals surface area contributed by atoms with Crippen LogP contribution in [0.15, 0.2) is 22.3 Å². The van der Waals surface area contributed by atoms with Gasteiger partial charge in [0.2, 0.25) is 0 Å². The van der Waals surface area contributed by atoms with Crippen LogP contribution in [0.4, 0.5) is 0 Å². The quantitative estimate of drug-likeness (QED) is 0.925. The third-order valence-corrected chi connectivity index (χ3v) is 4.43. The third-order valence-electron chi connectivity index (χ3n) is 3.55. The summed E-state index contributed by atoms with van der Waals surface area (Å²) in [4.78, 5) is 13.6. The highest BCUT2D eigenvalue weighted by Gasteiger charge is 2.27. The molecule has 0 fully saturated rings. The first-order chi connectivity index (χ1) is 10.2. The van der Waals surface area contributed by atoms with Crippen LogP contribution in [0.1, 0.15) is 46.6 Å². The van der Waals surface area contributed by atoms with Crippen LogP contribution in [0.5, 0.6) is 5.75 Å². The number of aromatic hydroxyl groups is 1. The predicted molar refractivity (Wildman–Crippen MR) is 91.6 cm³/mol. The minimum absolute atomic E-state index is 0.0146. The fourth-order valence-electron chi connectivity index (χ4n) is 2.35. The second kappa shape index (κ2) is 6.24. The molecular formula is C17H24N2O2S. The second-order valence-electron chi connectivity index (χ2n) is 7.01. The standard InChI is InChI=1S/C17H24N2O2S/c1-11(2)8-9-19-16(21)13(17(3,4)5)15(20)14(18-19)12-7-6-10-22-12/h6-7,10-11,20H,8-9H2,1-5H3. The molecule has 0 aliphatic rings. The van der Waals surface area contributed by atoms with Crippen molar-refractivity contribution in [3.8, 4) is 16.3 Å². The zero-order valence-electron chi connectivity index (χ0n) is 13.9. The summed E-state index contributed by atoms with van der Waals surface area (Å²) in [5.74, 6) is 0.506. The summed E-state index contributed by atoms with van der Waals surface area (Å²) in [6, 6.07) is 3.83. The SMILES string of the molecule is CC(C)CCn1nc(-c2cccs2)c(O)c(C(C)(C)C)c1=O. The van der Waals surface area contributed by atoms with Gasteiger partial charge in [-0.25, -0.2) is 4.68 Å². The van der Waals surface area contributed by atoms with E-state index in [0.29, 0.717) is 23.7 Å². The fourth-order valence-corrected chi connectivity index (χ4v) is 3.06. The van der Waals surface area contributed by atoms with Crippen LogP contribution < -0.4 is 5.56 Å². The topological polar surface area (TPSA) is 55.1 Å². The van der Waals surface area contributed by atoms with E-state index in [1.54, 1.807) is 0 Å². The molecule has 2 rings (SSSR count). The van der Waals surface area contributed by atoms with Gasteiger partial charge in [0, 0.05) is 6.54 Å². The fraction of sp³-hybridized carbons (Fsp3) is 0.529. The Kier molecular flexibility index (Phi) is 4.75. The Labute approximate surface area is 135 Å². The zero-order valence-corrected chi connectivity index (χ0v) is 14.7. The first kappa shape index (κ1) is 16.7. The zero-order chi connectivity index (χ0) is 16.5. The number of thiophene rings is 1. The van der Waals surface area contributed by atoms with Crippen LogP contribution in [0.25, 0.3) is 10.6 Å². The normalized spacial score (nSPS) is 12.1. The summed E-state index contributed by atoms with van der Waals surface area (Å²) in [5, 5.41) is 17.0. The smallest absolute Gasteiger partial charge is 0.274 e. The first-order valence-corrected chi connectivity index (χ1v) is 8.48. The average molecular weight is 320 g/mol. The molecule has 0 saturated carbocycles. The Balaban J connectivity index is 2.65. The number of rotatable bonds is 4. The summed E-state index contributed by atoms with van der Waals surface area (Å²) in [6.45, 7) is 10.6. The Morgan fingerprint density at radius 1 is 1.36 bits per heavy atom. The van der Waals surface area contributed by atoms with E-state index in [9.17, 15) is 9.90 Å². The Bertz CT molecular complexity index is 695. The molecule has 5 heteroatoms. The minimum Gasteiger partial charge on any atom is -0.505 e. The van der Waals surface area contributed by atoms with Gasteiger partial charge in [-0.05, 0) is 29.2 Å². The molecule has 0 bridgehead atoms. The Morgan fingerprint density at radius 3 is 2.55 bits per heavy atom. The van der Waals surface area contributed by atoms with E-state index >= 15 is 0 Å². The van der Waals surface area contributed by atoms with Crippen molar-refractivity contribution in [3.63, 3.8) is 0 Å². The van der Waals surface area contributed by atoms with Crippen molar-refractivity contribution >= 4 is 11.3 Å². The largest absolute Gasteiger partial charge is 0.505 e. The highest BCUT2D eigenvalue weighted by atomic mass is 32.1. The van der Waals surface area contributed by atoms with E-state index in [1.807, 2.05) is 38.3 Å². The van der Waals surface area contributed by atoms with Crippen molar-refractivity contribution in [2.24, 2.45) is 5.92 Å². The van der Waals surface area contributed by atoms with Crippen molar-refractivity contribution in [1.82, 2.24) is 9.78 Å². The van der Waals surface area contributed by atoms with Crippen LogP contribution in [-0.2, 0) is 12.0 Å². The molecule has 0 unspecified atom stereocenters. The number of aryl methyl sites for hydroxylation is 1. The van der Waals surface area contributed by atoms with Gasteiger partial charge >= 0.3 is 0 Å². The molecule has 0 aliphatic heterocycles. The van der Waals surface area contributed by atoms with Crippen LogP contribution in [0.3, 0.4) is 0 Å². The molecule has 120 valence electrons. The molecule has 0 amide bonds. The summed E-state index contributed by atoms with van der Waals surface area (Å²) >= 11 is 1.51. The molecule has 2 aromatic heterocycles. The van der Waals surface area contributed by atoms with Crippen LogP contribution in [0.2, 0.25) is 0 Å². The van der Waals surface area contributed by atoms with Crippen molar-refractivity contribution < 1.29 is 5.11 Å². The van der Waals surface area contributed by atoms with Gasteiger partial charge in [0.1, 0.15) is 5.69 Å². The molecule has 0 aliphatic carbocycles. The van der Waals surface area contributed by atoms with Gasteiger partial charge in [0.05, 0.1) is 10.4 Å². The Hall–Kier alpha value is -1.62. The summed E-state index contributed by atoms with van der Waals surface area (Å²) < 4.78 is 1.51. The predicted octanol–water partition coefficient (Wildman–Crippen LogP) is 4.02. The van der Waals surface area contributed by atoms with Crippen LogP contribution >= 0.6 is 11.3 Å². The van der Waals surface area contributed by atoms with E-state index in [4.69, 9.17) is 0 Å².